The summed E-state index contributed by atoms with van der Waals surface area (Å²) >= 11 is 0. The van der Waals surface area contributed by atoms with Crippen LogP contribution in [0.2, 0.25) is 0 Å². The number of ether oxygens (including phenoxy) is 1. The van der Waals surface area contributed by atoms with Crippen LogP contribution in [0.3, 0.4) is 0 Å². The third-order valence-electron chi connectivity index (χ3n) is 3.21. The maximum atomic E-state index is 5.96. The summed E-state index contributed by atoms with van der Waals surface area (Å²) in [6.07, 6.45) is 0. The molecule has 0 fully saturated rings. The van der Waals surface area contributed by atoms with E-state index < -0.39 is 0 Å². The molecule has 2 rings (SSSR count). The number of hydrogen-bond acceptors (Lipinski definition) is 1. The summed E-state index contributed by atoms with van der Waals surface area (Å²) in [5.41, 5.74) is 2.47. The Kier molecular flexibility index (Phi) is 5.63. The molecule has 2 aromatic carbocycles. The van der Waals surface area contributed by atoms with Gasteiger partial charge < -0.3 is 10.1 Å². The van der Waals surface area contributed by atoms with Gasteiger partial charge in [-0.25, -0.2) is 0 Å². The Balaban J connectivity index is 1.93. The van der Waals surface area contributed by atoms with Crippen LogP contribution in [0.15, 0.2) is 54.6 Å². The molecule has 20 heavy (non-hydrogen) atoms. The van der Waals surface area contributed by atoms with Crippen molar-refractivity contribution < 1.29 is 10.1 Å². The van der Waals surface area contributed by atoms with Crippen LogP contribution >= 0.6 is 0 Å². The minimum atomic E-state index is 0.627. The lowest BCUT2D eigenvalue weighted by atomic mass is 10.1. The number of nitrogens with two attached hydrogens (primary N) is 1. The van der Waals surface area contributed by atoms with Gasteiger partial charge in [0.05, 0.1) is 6.54 Å². The topological polar surface area (TPSA) is 25.8 Å². The fourth-order valence-electron chi connectivity index (χ4n) is 2.12. The van der Waals surface area contributed by atoms with Crippen molar-refractivity contribution in [2.45, 2.75) is 27.0 Å². The first-order valence-electron chi connectivity index (χ1n) is 7.32. The normalized spacial score (nSPS) is 10.8. The molecule has 0 spiro atoms. The SMILES string of the molecule is CC(C)C[NH2+]Cc1ccccc1OCc1ccccc1. The van der Waals surface area contributed by atoms with Gasteiger partial charge in [0, 0.05) is 11.5 Å². The number of rotatable bonds is 7. The van der Waals surface area contributed by atoms with Gasteiger partial charge in [0.25, 0.3) is 0 Å². The lowest BCUT2D eigenvalue weighted by Gasteiger charge is -2.11. The number of para-hydroxylation sites is 1. The average Bonchev–Trinajstić information content (AvgIpc) is 2.47. The van der Waals surface area contributed by atoms with Gasteiger partial charge in [-0.3, -0.25) is 0 Å². The van der Waals surface area contributed by atoms with Crippen molar-refractivity contribution in [1.29, 1.82) is 0 Å². The van der Waals surface area contributed by atoms with E-state index in [2.05, 4.69) is 49.5 Å². The lowest BCUT2D eigenvalue weighted by molar-refractivity contribution is -0.675. The summed E-state index contributed by atoms with van der Waals surface area (Å²) in [5.74, 6) is 1.71. The Bertz CT molecular complexity index is 508. The van der Waals surface area contributed by atoms with Crippen LogP contribution in [0, 0.1) is 5.92 Å². The fourth-order valence-corrected chi connectivity index (χ4v) is 2.12. The Morgan fingerprint density at radius 1 is 0.950 bits per heavy atom. The van der Waals surface area contributed by atoms with E-state index in [1.54, 1.807) is 0 Å². The summed E-state index contributed by atoms with van der Waals surface area (Å²) in [5, 5.41) is 2.34. The molecule has 2 aromatic rings. The monoisotopic (exact) mass is 270 g/mol. The molecule has 2 nitrogen and oxygen atoms in total. The first kappa shape index (κ1) is 14.6. The molecule has 0 saturated carbocycles. The summed E-state index contributed by atoms with van der Waals surface area (Å²) in [4.78, 5) is 0. The number of quaternary nitrogens is 1. The molecule has 106 valence electrons. The van der Waals surface area contributed by atoms with E-state index in [1.165, 1.54) is 11.1 Å². The van der Waals surface area contributed by atoms with Gasteiger partial charge in [0.1, 0.15) is 18.9 Å². The summed E-state index contributed by atoms with van der Waals surface area (Å²) in [6, 6.07) is 18.6. The maximum absolute atomic E-state index is 5.96. The van der Waals surface area contributed by atoms with E-state index in [4.69, 9.17) is 4.74 Å². The molecule has 0 saturated heterocycles. The van der Waals surface area contributed by atoms with Crippen molar-refractivity contribution in [2.75, 3.05) is 6.54 Å². The average molecular weight is 270 g/mol. The molecular weight excluding hydrogens is 246 g/mol. The molecule has 0 aliphatic heterocycles. The highest BCUT2D eigenvalue weighted by Crippen LogP contribution is 2.18. The van der Waals surface area contributed by atoms with E-state index >= 15 is 0 Å². The molecule has 0 aliphatic rings. The van der Waals surface area contributed by atoms with Crippen LogP contribution in [0.4, 0.5) is 0 Å². The first-order chi connectivity index (χ1) is 9.75. The molecule has 0 bridgehead atoms. The third kappa shape index (κ3) is 4.71. The van der Waals surface area contributed by atoms with Gasteiger partial charge in [-0.05, 0) is 17.7 Å². The standard InChI is InChI=1S/C18H23NO/c1-15(2)12-19-13-17-10-6-7-11-18(17)20-14-16-8-4-3-5-9-16/h3-11,15,19H,12-14H2,1-2H3/p+1. The van der Waals surface area contributed by atoms with Gasteiger partial charge in [-0.1, -0.05) is 56.3 Å². The Hall–Kier alpha value is -1.80. The minimum Gasteiger partial charge on any atom is -0.488 e. The van der Waals surface area contributed by atoms with Crippen LogP contribution < -0.4 is 10.1 Å². The van der Waals surface area contributed by atoms with Crippen LogP contribution in [-0.2, 0) is 13.2 Å². The predicted molar refractivity (Wildman–Crippen MR) is 82.6 cm³/mol. The molecule has 0 radical (unpaired) electrons. The highest BCUT2D eigenvalue weighted by atomic mass is 16.5. The van der Waals surface area contributed by atoms with Crippen LogP contribution in [0.1, 0.15) is 25.0 Å². The van der Waals surface area contributed by atoms with Crippen molar-refractivity contribution in [2.24, 2.45) is 5.92 Å². The van der Waals surface area contributed by atoms with Gasteiger partial charge in [-0.2, -0.15) is 0 Å². The van der Waals surface area contributed by atoms with E-state index in [-0.39, 0.29) is 0 Å². The van der Waals surface area contributed by atoms with Crippen LogP contribution in [0.25, 0.3) is 0 Å². The second-order valence-electron chi connectivity index (χ2n) is 5.50. The van der Waals surface area contributed by atoms with Gasteiger partial charge in [0.15, 0.2) is 0 Å². The smallest absolute Gasteiger partial charge is 0.128 e. The van der Waals surface area contributed by atoms with E-state index in [0.717, 1.165) is 18.8 Å². The molecular formula is C18H24NO+. The zero-order valence-electron chi connectivity index (χ0n) is 12.4. The van der Waals surface area contributed by atoms with E-state index in [1.807, 2.05) is 24.3 Å². The second-order valence-corrected chi connectivity index (χ2v) is 5.50. The van der Waals surface area contributed by atoms with Crippen LogP contribution in [-0.4, -0.2) is 6.54 Å². The van der Waals surface area contributed by atoms with Crippen molar-refractivity contribution in [1.82, 2.24) is 0 Å². The Morgan fingerprint density at radius 3 is 2.40 bits per heavy atom. The zero-order chi connectivity index (χ0) is 14.2. The fraction of sp³-hybridized carbons (Fsp3) is 0.333. The van der Waals surface area contributed by atoms with Gasteiger partial charge in [0.2, 0.25) is 0 Å². The summed E-state index contributed by atoms with van der Waals surface area (Å²) < 4.78 is 5.96. The van der Waals surface area contributed by atoms with Gasteiger partial charge in [-0.15, -0.1) is 0 Å². The third-order valence-corrected chi connectivity index (χ3v) is 3.21. The number of benzene rings is 2. The zero-order valence-corrected chi connectivity index (χ0v) is 12.4. The van der Waals surface area contributed by atoms with Crippen molar-refractivity contribution in [3.05, 3.63) is 65.7 Å². The van der Waals surface area contributed by atoms with Crippen molar-refractivity contribution >= 4 is 0 Å². The Labute approximate surface area is 121 Å². The highest BCUT2D eigenvalue weighted by Gasteiger charge is 2.05. The second kappa shape index (κ2) is 7.71. The molecule has 0 aliphatic carbocycles. The summed E-state index contributed by atoms with van der Waals surface area (Å²) in [7, 11) is 0. The minimum absolute atomic E-state index is 0.627. The Morgan fingerprint density at radius 2 is 1.65 bits per heavy atom. The molecule has 0 amide bonds. The highest BCUT2D eigenvalue weighted by molar-refractivity contribution is 5.32. The molecule has 2 heteroatoms. The molecule has 0 aromatic heterocycles. The van der Waals surface area contributed by atoms with Crippen molar-refractivity contribution in [3.8, 4) is 5.75 Å². The van der Waals surface area contributed by atoms with Crippen molar-refractivity contribution in [3.63, 3.8) is 0 Å². The lowest BCUT2D eigenvalue weighted by Crippen LogP contribution is -2.83. The largest absolute Gasteiger partial charge is 0.488 e. The van der Waals surface area contributed by atoms with Crippen LogP contribution in [0.5, 0.6) is 5.75 Å². The molecule has 0 atom stereocenters. The van der Waals surface area contributed by atoms with E-state index in [9.17, 15) is 0 Å². The first-order valence-corrected chi connectivity index (χ1v) is 7.32. The molecule has 0 unspecified atom stereocenters. The predicted octanol–water partition coefficient (Wildman–Crippen LogP) is 2.99. The quantitative estimate of drug-likeness (QED) is 0.822. The molecule has 0 heterocycles. The summed E-state index contributed by atoms with van der Waals surface area (Å²) in [6.45, 7) is 7.24. The molecule has 2 N–H and O–H groups in total. The maximum Gasteiger partial charge on any atom is 0.128 e. The van der Waals surface area contributed by atoms with Gasteiger partial charge >= 0.3 is 0 Å². The van der Waals surface area contributed by atoms with E-state index in [0.29, 0.717) is 12.5 Å². The number of hydrogen-bond donors (Lipinski definition) is 1.